The summed E-state index contributed by atoms with van der Waals surface area (Å²) in [7, 11) is 0. The van der Waals surface area contributed by atoms with Crippen molar-refractivity contribution in [3.63, 3.8) is 0 Å². The molecule has 44 valence electrons. The molecule has 0 aromatic rings. The summed E-state index contributed by atoms with van der Waals surface area (Å²) in [6.07, 6.45) is 0. The molecule has 0 atom stereocenters. The molecule has 1 aliphatic heterocycles. The van der Waals surface area contributed by atoms with Crippen molar-refractivity contribution in [2.45, 2.75) is 0 Å². The van der Waals surface area contributed by atoms with E-state index < -0.39 is 0 Å². The third-order valence-corrected chi connectivity index (χ3v) is 0.744. The van der Waals surface area contributed by atoms with Gasteiger partial charge in [0, 0.05) is 0 Å². The molecule has 4 heteroatoms. The fourth-order valence-electron chi connectivity index (χ4n) is 0.440. The summed E-state index contributed by atoms with van der Waals surface area (Å²) in [4.78, 5) is 0. The first-order chi connectivity index (χ1) is 3.00. The summed E-state index contributed by atoms with van der Waals surface area (Å²) >= 11 is 0. The Morgan fingerprint density at radius 3 is 1.12 bits per heavy atom. The van der Waals surface area contributed by atoms with Crippen molar-refractivity contribution in [3.8, 4) is 0 Å². The van der Waals surface area contributed by atoms with E-state index in [-0.39, 0.29) is 31.3 Å². The summed E-state index contributed by atoms with van der Waals surface area (Å²) < 4.78 is 9.89. The molecule has 1 saturated heterocycles. The van der Waals surface area contributed by atoms with Gasteiger partial charge in [0.25, 0.3) is 0 Å². The van der Waals surface area contributed by atoms with Gasteiger partial charge in [-0.05, 0) is 0 Å². The van der Waals surface area contributed by atoms with E-state index in [0.29, 0.717) is 0 Å². The van der Waals surface area contributed by atoms with Crippen LogP contribution in [0.25, 0.3) is 0 Å². The molecule has 0 aliphatic carbocycles. The first-order valence-corrected chi connectivity index (χ1v) is 2.15. The fourth-order valence-corrected chi connectivity index (χ4v) is 0.440. The largest absolute Gasteiger partial charge is 1.00 e. The molecular weight excluding hydrogens is 122 g/mol. The number of hydrogen-bond acceptors (Lipinski definition) is 2. The second-order valence-electron chi connectivity index (χ2n) is 1.22. The maximum Gasteiger partial charge on any atom is 1.00 e. The standard InChI is InChI=1S/C4H8O2.ClH.Li/c1-2-6-4-3-5-1;;/h1-4H2;1H;/q;;+1/p-1. The number of ether oxygens (including phenoxy) is 2. The van der Waals surface area contributed by atoms with Gasteiger partial charge in [0.2, 0.25) is 0 Å². The average Bonchev–Trinajstić information content (AvgIpc) is 1.72. The summed E-state index contributed by atoms with van der Waals surface area (Å²) in [6, 6.07) is 0. The maximum absolute atomic E-state index is 4.94. The molecule has 0 saturated carbocycles. The van der Waals surface area contributed by atoms with Crippen molar-refractivity contribution in [1.82, 2.24) is 0 Å². The molecule has 0 unspecified atom stereocenters. The minimum absolute atomic E-state index is 0. The quantitative estimate of drug-likeness (QED) is 0.304. The summed E-state index contributed by atoms with van der Waals surface area (Å²) in [6.45, 7) is 3.11. The number of rotatable bonds is 0. The van der Waals surface area contributed by atoms with Crippen LogP contribution in [-0.4, -0.2) is 26.4 Å². The predicted molar refractivity (Wildman–Crippen MR) is 21.6 cm³/mol. The third-order valence-electron chi connectivity index (χ3n) is 0.744. The van der Waals surface area contributed by atoms with Crippen LogP contribution >= 0.6 is 0 Å². The van der Waals surface area contributed by atoms with Crippen LogP contribution in [0.3, 0.4) is 0 Å². The molecule has 2 nitrogen and oxygen atoms in total. The number of hydrogen-bond donors (Lipinski definition) is 0. The van der Waals surface area contributed by atoms with Gasteiger partial charge in [-0.1, -0.05) is 0 Å². The molecule has 8 heavy (non-hydrogen) atoms. The van der Waals surface area contributed by atoms with Crippen molar-refractivity contribution >= 4 is 0 Å². The van der Waals surface area contributed by atoms with Crippen LogP contribution in [0.2, 0.25) is 0 Å². The second kappa shape index (κ2) is 7.81. The van der Waals surface area contributed by atoms with Gasteiger partial charge >= 0.3 is 18.9 Å². The van der Waals surface area contributed by atoms with E-state index in [2.05, 4.69) is 0 Å². The molecule has 0 aromatic carbocycles. The summed E-state index contributed by atoms with van der Waals surface area (Å²) in [5.74, 6) is 0. The smallest absolute Gasteiger partial charge is 1.00 e. The van der Waals surface area contributed by atoms with Gasteiger partial charge in [0.05, 0.1) is 26.4 Å². The van der Waals surface area contributed by atoms with Crippen LogP contribution in [0.5, 0.6) is 0 Å². The Kier molecular flexibility index (Phi) is 11.3. The Morgan fingerprint density at radius 1 is 0.750 bits per heavy atom. The second-order valence-corrected chi connectivity index (χ2v) is 1.22. The molecule has 0 bridgehead atoms. The fraction of sp³-hybridized carbons (Fsp3) is 1.00. The first kappa shape index (κ1) is 11.6. The van der Waals surface area contributed by atoms with Gasteiger partial charge in [-0.2, -0.15) is 0 Å². The molecule has 0 N–H and O–H groups in total. The molecule has 0 amide bonds. The Morgan fingerprint density at radius 2 is 1.00 bits per heavy atom. The molecule has 0 spiro atoms. The molecule has 1 aliphatic rings. The van der Waals surface area contributed by atoms with Crippen molar-refractivity contribution in [2.75, 3.05) is 26.4 Å². The van der Waals surface area contributed by atoms with Gasteiger partial charge in [0.15, 0.2) is 0 Å². The zero-order chi connectivity index (χ0) is 4.24. The van der Waals surface area contributed by atoms with Crippen molar-refractivity contribution in [3.05, 3.63) is 0 Å². The van der Waals surface area contributed by atoms with Crippen LogP contribution in [0.4, 0.5) is 0 Å². The van der Waals surface area contributed by atoms with Gasteiger partial charge in [-0.25, -0.2) is 0 Å². The number of halogens is 1. The Bertz CT molecular complexity index is 29.5. The monoisotopic (exact) mass is 130 g/mol. The van der Waals surface area contributed by atoms with E-state index in [4.69, 9.17) is 9.47 Å². The van der Waals surface area contributed by atoms with Crippen LogP contribution in [-0.2, 0) is 9.47 Å². The average molecular weight is 130 g/mol. The van der Waals surface area contributed by atoms with Crippen LogP contribution in [0, 0.1) is 0 Å². The molecule has 1 heterocycles. The van der Waals surface area contributed by atoms with E-state index in [1.807, 2.05) is 0 Å². The van der Waals surface area contributed by atoms with E-state index in [0.717, 1.165) is 26.4 Å². The molecule has 0 radical (unpaired) electrons. The SMILES string of the molecule is C1COCCO1.[Cl-].[Li+]. The van der Waals surface area contributed by atoms with Crippen molar-refractivity contribution in [1.29, 1.82) is 0 Å². The van der Waals surface area contributed by atoms with E-state index in [1.54, 1.807) is 0 Å². The summed E-state index contributed by atoms with van der Waals surface area (Å²) in [5.41, 5.74) is 0. The maximum atomic E-state index is 4.94. The van der Waals surface area contributed by atoms with E-state index >= 15 is 0 Å². The topological polar surface area (TPSA) is 18.5 Å². The Hall–Kier alpha value is 0.807. The Balaban J connectivity index is 0. The van der Waals surface area contributed by atoms with Gasteiger partial charge in [-0.15, -0.1) is 0 Å². The van der Waals surface area contributed by atoms with Crippen molar-refractivity contribution < 1.29 is 40.7 Å². The third kappa shape index (κ3) is 4.95. The van der Waals surface area contributed by atoms with Gasteiger partial charge in [-0.3, -0.25) is 0 Å². The van der Waals surface area contributed by atoms with E-state index in [1.165, 1.54) is 0 Å². The molecule has 1 fully saturated rings. The molecular formula is C4H8ClLiO2. The van der Waals surface area contributed by atoms with Crippen LogP contribution in [0.1, 0.15) is 0 Å². The zero-order valence-electron chi connectivity index (χ0n) is 5.02. The minimum atomic E-state index is 0. The van der Waals surface area contributed by atoms with Crippen LogP contribution < -0.4 is 31.3 Å². The van der Waals surface area contributed by atoms with Gasteiger partial charge in [0.1, 0.15) is 0 Å². The molecule has 0 aromatic heterocycles. The predicted octanol–water partition coefficient (Wildman–Crippen LogP) is -5.96. The van der Waals surface area contributed by atoms with E-state index in [9.17, 15) is 0 Å². The normalized spacial score (nSPS) is 18.0. The minimum Gasteiger partial charge on any atom is -1.00 e. The zero-order valence-corrected chi connectivity index (χ0v) is 5.78. The summed E-state index contributed by atoms with van der Waals surface area (Å²) in [5, 5.41) is 0. The molecule has 1 rings (SSSR count). The van der Waals surface area contributed by atoms with Crippen LogP contribution in [0.15, 0.2) is 0 Å². The Labute approximate surface area is 67.5 Å². The first-order valence-electron chi connectivity index (χ1n) is 2.15. The van der Waals surface area contributed by atoms with Gasteiger partial charge < -0.3 is 21.9 Å². The van der Waals surface area contributed by atoms with Crippen molar-refractivity contribution in [2.24, 2.45) is 0 Å².